The molecule has 0 saturated heterocycles. The number of carbonyl (C=O) groups excluding carboxylic acids is 3. The van der Waals surface area contributed by atoms with E-state index in [2.05, 4.69) is 20.9 Å². The van der Waals surface area contributed by atoms with Crippen molar-refractivity contribution in [3.05, 3.63) is 148 Å². The van der Waals surface area contributed by atoms with Gasteiger partial charge in [-0.05, 0) is 77.0 Å². The van der Waals surface area contributed by atoms with Crippen molar-refractivity contribution < 1.29 is 14.4 Å². The summed E-state index contributed by atoms with van der Waals surface area (Å²) in [6.07, 6.45) is 1.68. The van der Waals surface area contributed by atoms with E-state index in [0.29, 0.717) is 32.1 Å². The number of aromatic nitrogens is 1. The van der Waals surface area contributed by atoms with E-state index in [1.54, 1.807) is 60.7 Å². The van der Waals surface area contributed by atoms with E-state index in [0.717, 1.165) is 26.8 Å². The number of nitrogens with one attached hydrogen (secondary N) is 3. The quantitative estimate of drug-likeness (QED) is 0.0973. The van der Waals surface area contributed by atoms with Gasteiger partial charge in [0.05, 0.1) is 16.5 Å². The minimum Gasteiger partial charge on any atom is -0.321 e. The van der Waals surface area contributed by atoms with E-state index in [4.69, 9.17) is 23.2 Å². The SMILES string of the molecule is O=C(CSc1ccc(NC(=O)/C(=C/c2cccc3ccccc23)NC(=O)c2ccccc2)cc1)Nc1nc(-c2ccc(Cl)cc2Cl)cs1. The standard InChI is InChI=1S/C37H26Cl2N4O3S2/c38-26-13-18-30(31(39)20-26)33-21-48-37(42-33)43-34(44)22-47-28-16-14-27(15-17-28)40-36(46)32(41-35(45)24-8-2-1-3-9-24)19-25-11-6-10-23-7-4-5-12-29(23)25/h1-21H,22H2,(H,40,46)(H,41,45)(H,42,43,44)/b32-19-. The fraction of sp³-hybridized carbons (Fsp3) is 0.0270. The van der Waals surface area contributed by atoms with Crippen LogP contribution in [0.25, 0.3) is 28.1 Å². The minimum atomic E-state index is -0.477. The van der Waals surface area contributed by atoms with Crippen molar-refractivity contribution in [1.29, 1.82) is 0 Å². The fourth-order valence-electron chi connectivity index (χ4n) is 4.76. The Morgan fingerprint density at radius 1 is 0.812 bits per heavy atom. The number of benzene rings is 5. The van der Waals surface area contributed by atoms with Gasteiger partial charge in [0.25, 0.3) is 11.8 Å². The van der Waals surface area contributed by atoms with Crippen LogP contribution in [0.15, 0.2) is 131 Å². The zero-order chi connectivity index (χ0) is 33.5. The zero-order valence-corrected chi connectivity index (χ0v) is 28.2. The van der Waals surface area contributed by atoms with Gasteiger partial charge in [0, 0.05) is 32.1 Å². The molecule has 0 radical (unpaired) electrons. The van der Waals surface area contributed by atoms with Crippen molar-refractivity contribution >= 4 is 91.7 Å². The Balaban J connectivity index is 1.10. The molecule has 6 aromatic rings. The highest BCUT2D eigenvalue weighted by molar-refractivity contribution is 8.00. The van der Waals surface area contributed by atoms with Crippen LogP contribution in [0, 0.1) is 0 Å². The first-order valence-corrected chi connectivity index (χ1v) is 17.3. The van der Waals surface area contributed by atoms with Crippen LogP contribution >= 0.6 is 46.3 Å². The Kier molecular flexibility index (Phi) is 10.5. The number of hydrogen-bond donors (Lipinski definition) is 3. The van der Waals surface area contributed by atoms with Crippen molar-refractivity contribution in [2.75, 3.05) is 16.4 Å². The van der Waals surface area contributed by atoms with Gasteiger partial charge in [0.1, 0.15) is 5.70 Å². The molecule has 0 bridgehead atoms. The minimum absolute atomic E-state index is 0.0963. The lowest BCUT2D eigenvalue weighted by Crippen LogP contribution is -2.30. The zero-order valence-electron chi connectivity index (χ0n) is 25.1. The molecule has 0 aliphatic rings. The third-order valence-corrected chi connectivity index (χ3v) is 9.41. The van der Waals surface area contributed by atoms with E-state index in [-0.39, 0.29) is 17.4 Å². The Bertz CT molecular complexity index is 2150. The van der Waals surface area contributed by atoms with Crippen molar-refractivity contribution in [2.24, 2.45) is 0 Å². The highest BCUT2D eigenvalue weighted by Crippen LogP contribution is 2.32. The maximum Gasteiger partial charge on any atom is 0.272 e. The molecule has 3 amide bonds. The number of amides is 3. The number of fused-ring (bicyclic) bond motifs is 1. The summed E-state index contributed by atoms with van der Waals surface area (Å²) in [6, 6.07) is 34.7. The summed E-state index contributed by atoms with van der Waals surface area (Å²) < 4.78 is 0. The Labute approximate surface area is 295 Å². The molecule has 0 aliphatic heterocycles. The van der Waals surface area contributed by atoms with Crippen LogP contribution in [0.5, 0.6) is 0 Å². The smallest absolute Gasteiger partial charge is 0.272 e. The largest absolute Gasteiger partial charge is 0.321 e. The summed E-state index contributed by atoms with van der Waals surface area (Å²) >= 11 is 14.9. The molecule has 0 saturated carbocycles. The number of anilines is 2. The van der Waals surface area contributed by atoms with Gasteiger partial charge in [0.15, 0.2) is 5.13 Å². The van der Waals surface area contributed by atoms with Crippen LogP contribution < -0.4 is 16.0 Å². The van der Waals surface area contributed by atoms with Gasteiger partial charge in [-0.15, -0.1) is 23.1 Å². The molecule has 238 valence electrons. The summed E-state index contributed by atoms with van der Waals surface area (Å²) in [7, 11) is 0. The molecular weight excluding hydrogens is 683 g/mol. The lowest BCUT2D eigenvalue weighted by molar-refractivity contribution is -0.114. The fourth-order valence-corrected chi connectivity index (χ4v) is 6.69. The van der Waals surface area contributed by atoms with Crippen molar-refractivity contribution in [2.45, 2.75) is 4.90 Å². The van der Waals surface area contributed by atoms with Crippen molar-refractivity contribution in [3.8, 4) is 11.3 Å². The molecule has 0 aliphatic carbocycles. The highest BCUT2D eigenvalue weighted by Gasteiger charge is 2.16. The molecule has 3 N–H and O–H groups in total. The van der Waals surface area contributed by atoms with Gasteiger partial charge in [0.2, 0.25) is 5.91 Å². The van der Waals surface area contributed by atoms with Gasteiger partial charge in [-0.25, -0.2) is 4.98 Å². The molecule has 1 aromatic heterocycles. The lowest BCUT2D eigenvalue weighted by Gasteiger charge is -2.12. The van der Waals surface area contributed by atoms with Crippen LogP contribution in [0.1, 0.15) is 15.9 Å². The monoisotopic (exact) mass is 708 g/mol. The Hall–Kier alpha value is -4.93. The number of rotatable bonds is 10. The number of carbonyl (C=O) groups is 3. The number of thiazole rings is 1. The number of nitrogens with zero attached hydrogens (tertiary/aromatic N) is 1. The van der Waals surface area contributed by atoms with Crippen LogP contribution in [-0.2, 0) is 9.59 Å². The first-order chi connectivity index (χ1) is 23.3. The summed E-state index contributed by atoms with van der Waals surface area (Å²) in [5.41, 5.74) is 3.23. The second-order valence-corrected chi connectivity index (χ2v) is 13.2. The third kappa shape index (κ3) is 8.31. The predicted molar refractivity (Wildman–Crippen MR) is 198 cm³/mol. The average molecular weight is 710 g/mol. The van der Waals surface area contributed by atoms with Crippen LogP contribution in [-0.4, -0.2) is 28.5 Å². The van der Waals surface area contributed by atoms with Crippen LogP contribution in [0.2, 0.25) is 10.0 Å². The molecule has 48 heavy (non-hydrogen) atoms. The second-order valence-electron chi connectivity index (χ2n) is 10.4. The molecule has 5 aromatic carbocycles. The molecule has 0 fully saturated rings. The van der Waals surface area contributed by atoms with Gasteiger partial charge in [-0.3, -0.25) is 14.4 Å². The molecular formula is C37H26Cl2N4O3S2. The Morgan fingerprint density at radius 3 is 2.35 bits per heavy atom. The molecule has 0 unspecified atom stereocenters. The van der Waals surface area contributed by atoms with Gasteiger partial charge < -0.3 is 16.0 Å². The van der Waals surface area contributed by atoms with Crippen molar-refractivity contribution in [3.63, 3.8) is 0 Å². The molecule has 0 spiro atoms. The molecule has 11 heteroatoms. The lowest BCUT2D eigenvalue weighted by atomic mass is 10.0. The topological polar surface area (TPSA) is 100 Å². The molecule has 7 nitrogen and oxygen atoms in total. The van der Waals surface area contributed by atoms with Crippen LogP contribution in [0.3, 0.4) is 0 Å². The van der Waals surface area contributed by atoms with Crippen molar-refractivity contribution in [1.82, 2.24) is 10.3 Å². The molecule has 0 atom stereocenters. The predicted octanol–water partition coefficient (Wildman–Crippen LogP) is 9.41. The maximum absolute atomic E-state index is 13.5. The first kappa shape index (κ1) is 33.0. The number of halogens is 2. The summed E-state index contributed by atoms with van der Waals surface area (Å²) in [4.78, 5) is 44.6. The third-order valence-electron chi connectivity index (χ3n) is 7.09. The summed E-state index contributed by atoms with van der Waals surface area (Å²) in [6.45, 7) is 0. The van der Waals surface area contributed by atoms with E-state index < -0.39 is 11.8 Å². The Morgan fingerprint density at radius 2 is 1.56 bits per heavy atom. The van der Waals surface area contributed by atoms with Crippen LogP contribution in [0.4, 0.5) is 10.8 Å². The molecule has 1 heterocycles. The van der Waals surface area contributed by atoms with Gasteiger partial charge in [-0.2, -0.15) is 0 Å². The number of thioether (sulfide) groups is 1. The molecule has 6 rings (SSSR count). The second kappa shape index (κ2) is 15.3. The highest BCUT2D eigenvalue weighted by atomic mass is 35.5. The summed E-state index contributed by atoms with van der Waals surface area (Å²) in [5, 5.41) is 13.8. The maximum atomic E-state index is 13.5. The van der Waals surface area contributed by atoms with E-state index in [9.17, 15) is 14.4 Å². The van der Waals surface area contributed by atoms with Gasteiger partial charge >= 0.3 is 0 Å². The number of hydrogen-bond acceptors (Lipinski definition) is 6. The van der Waals surface area contributed by atoms with E-state index in [1.807, 2.05) is 66.0 Å². The first-order valence-electron chi connectivity index (χ1n) is 14.6. The average Bonchev–Trinajstić information content (AvgIpc) is 3.56. The normalized spacial score (nSPS) is 11.2. The van der Waals surface area contributed by atoms with E-state index in [1.165, 1.54) is 23.1 Å². The summed E-state index contributed by atoms with van der Waals surface area (Å²) in [5.74, 6) is -0.927. The van der Waals surface area contributed by atoms with E-state index >= 15 is 0 Å². The van der Waals surface area contributed by atoms with Gasteiger partial charge in [-0.1, -0.05) is 83.9 Å².